The van der Waals surface area contributed by atoms with E-state index in [-0.39, 0.29) is 11.4 Å². The number of nitrogens with one attached hydrogen (secondary N) is 2. The van der Waals surface area contributed by atoms with Crippen molar-refractivity contribution in [1.82, 2.24) is 5.32 Å². The Labute approximate surface area is 134 Å². The molecule has 0 unspecified atom stereocenters. The third-order valence-electron chi connectivity index (χ3n) is 3.77. The molecule has 124 valence electrons. The Balaban J connectivity index is 1.89. The van der Waals surface area contributed by atoms with Gasteiger partial charge in [-0.25, -0.2) is 4.79 Å². The minimum atomic E-state index is -0.551. The van der Waals surface area contributed by atoms with Crippen molar-refractivity contribution in [2.75, 3.05) is 19.0 Å². The van der Waals surface area contributed by atoms with Gasteiger partial charge in [-0.2, -0.15) is 0 Å². The van der Waals surface area contributed by atoms with E-state index in [2.05, 4.69) is 16.7 Å². The molecule has 0 saturated heterocycles. The number of methoxy groups -OCH3 is 1. The van der Waals surface area contributed by atoms with Crippen LogP contribution >= 0.6 is 0 Å². The highest BCUT2D eigenvalue weighted by Crippen LogP contribution is 2.28. The van der Waals surface area contributed by atoms with Gasteiger partial charge >= 0.3 is 6.03 Å². The molecule has 0 aliphatic heterocycles. The lowest BCUT2D eigenvalue weighted by molar-refractivity contribution is -0.384. The zero-order valence-electron chi connectivity index (χ0n) is 13.1. The number of hydrogen-bond donors (Lipinski definition) is 2. The van der Waals surface area contributed by atoms with E-state index >= 15 is 0 Å². The van der Waals surface area contributed by atoms with Crippen LogP contribution in [0.15, 0.2) is 29.8 Å². The molecule has 7 nitrogen and oxygen atoms in total. The second-order valence-corrected chi connectivity index (χ2v) is 5.38. The molecule has 0 atom stereocenters. The number of anilines is 1. The third-order valence-corrected chi connectivity index (χ3v) is 3.77. The normalized spacial score (nSPS) is 13.9. The monoisotopic (exact) mass is 319 g/mol. The number of ether oxygens (including phenoxy) is 1. The van der Waals surface area contributed by atoms with Crippen LogP contribution in [-0.4, -0.2) is 24.6 Å². The molecule has 1 aliphatic carbocycles. The number of amides is 2. The standard InChI is InChI=1S/C16H21N3O4/c1-23-13-7-8-14(15(11-13)19(21)22)18-16(20)17-10-9-12-5-3-2-4-6-12/h5,7-8,11H,2-4,6,9-10H2,1H3,(H2,17,18,20). The van der Waals surface area contributed by atoms with Crippen LogP contribution in [0.25, 0.3) is 0 Å². The first kappa shape index (κ1) is 16.8. The first-order valence-electron chi connectivity index (χ1n) is 7.65. The fourth-order valence-corrected chi connectivity index (χ4v) is 2.53. The molecule has 0 heterocycles. The minimum Gasteiger partial charge on any atom is -0.496 e. The zero-order valence-corrected chi connectivity index (χ0v) is 13.1. The second-order valence-electron chi connectivity index (χ2n) is 5.38. The summed E-state index contributed by atoms with van der Waals surface area (Å²) in [6, 6.07) is 3.85. The highest BCUT2D eigenvalue weighted by molar-refractivity contribution is 5.91. The zero-order chi connectivity index (χ0) is 16.7. The molecule has 1 aromatic rings. The van der Waals surface area contributed by atoms with Crippen LogP contribution in [-0.2, 0) is 0 Å². The number of allylic oxidation sites excluding steroid dienone is 1. The lowest BCUT2D eigenvalue weighted by Crippen LogP contribution is -2.30. The molecule has 2 amide bonds. The van der Waals surface area contributed by atoms with Crippen LogP contribution in [0.4, 0.5) is 16.2 Å². The predicted molar refractivity (Wildman–Crippen MR) is 87.8 cm³/mol. The molecule has 0 aromatic heterocycles. The molecule has 0 bridgehead atoms. The topological polar surface area (TPSA) is 93.5 Å². The molecular weight excluding hydrogens is 298 g/mol. The molecule has 2 N–H and O–H groups in total. The van der Waals surface area contributed by atoms with Crippen molar-refractivity contribution < 1.29 is 14.5 Å². The van der Waals surface area contributed by atoms with Gasteiger partial charge in [0.05, 0.1) is 18.1 Å². The molecule has 0 radical (unpaired) electrons. The van der Waals surface area contributed by atoms with E-state index in [1.54, 1.807) is 6.07 Å². The number of carbonyl (C=O) groups is 1. The highest BCUT2D eigenvalue weighted by atomic mass is 16.6. The molecule has 2 rings (SSSR count). The van der Waals surface area contributed by atoms with Crippen molar-refractivity contribution in [3.05, 3.63) is 40.0 Å². The number of nitro groups is 1. The van der Waals surface area contributed by atoms with Crippen molar-refractivity contribution in [3.63, 3.8) is 0 Å². The summed E-state index contributed by atoms with van der Waals surface area (Å²) < 4.78 is 4.96. The van der Waals surface area contributed by atoms with Gasteiger partial charge in [-0.1, -0.05) is 11.6 Å². The van der Waals surface area contributed by atoms with E-state index in [0.29, 0.717) is 12.3 Å². The van der Waals surface area contributed by atoms with Crippen molar-refractivity contribution in [2.45, 2.75) is 32.1 Å². The number of urea groups is 1. The summed E-state index contributed by atoms with van der Waals surface area (Å²) >= 11 is 0. The largest absolute Gasteiger partial charge is 0.496 e. The van der Waals surface area contributed by atoms with Crippen LogP contribution in [0.2, 0.25) is 0 Å². The average Bonchev–Trinajstić information content (AvgIpc) is 2.56. The van der Waals surface area contributed by atoms with Gasteiger partial charge < -0.3 is 15.4 Å². The van der Waals surface area contributed by atoms with Gasteiger partial charge in [-0.3, -0.25) is 10.1 Å². The highest BCUT2D eigenvalue weighted by Gasteiger charge is 2.17. The van der Waals surface area contributed by atoms with E-state index < -0.39 is 11.0 Å². The van der Waals surface area contributed by atoms with Crippen LogP contribution in [0, 0.1) is 10.1 Å². The van der Waals surface area contributed by atoms with Crippen LogP contribution < -0.4 is 15.4 Å². The predicted octanol–water partition coefficient (Wildman–Crippen LogP) is 3.62. The van der Waals surface area contributed by atoms with Crippen molar-refractivity contribution in [3.8, 4) is 5.75 Å². The van der Waals surface area contributed by atoms with Crippen molar-refractivity contribution in [1.29, 1.82) is 0 Å². The Morgan fingerprint density at radius 2 is 2.22 bits per heavy atom. The first-order chi connectivity index (χ1) is 11.1. The first-order valence-corrected chi connectivity index (χ1v) is 7.65. The summed E-state index contributed by atoms with van der Waals surface area (Å²) in [5.41, 5.74) is 1.31. The van der Waals surface area contributed by atoms with Gasteiger partial charge in [0.2, 0.25) is 0 Å². The van der Waals surface area contributed by atoms with Crippen molar-refractivity contribution >= 4 is 17.4 Å². The van der Waals surface area contributed by atoms with Gasteiger partial charge in [-0.15, -0.1) is 0 Å². The van der Waals surface area contributed by atoms with Crippen molar-refractivity contribution in [2.24, 2.45) is 0 Å². The lowest BCUT2D eigenvalue weighted by Gasteiger charge is -2.13. The minimum absolute atomic E-state index is 0.144. The smallest absolute Gasteiger partial charge is 0.319 e. The molecule has 1 aliphatic rings. The van der Waals surface area contributed by atoms with Crippen LogP contribution in [0.1, 0.15) is 32.1 Å². The van der Waals surface area contributed by atoms with Gasteiger partial charge in [-0.05, 0) is 44.2 Å². The lowest BCUT2D eigenvalue weighted by atomic mass is 9.97. The Hall–Kier alpha value is -2.57. The Morgan fingerprint density at radius 1 is 1.39 bits per heavy atom. The molecule has 0 fully saturated rings. The molecule has 0 saturated carbocycles. The number of nitro benzene ring substituents is 1. The molecule has 0 spiro atoms. The summed E-state index contributed by atoms with van der Waals surface area (Å²) in [5.74, 6) is 0.367. The number of rotatable bonds is 6. The third kappa shape index (κ3) is 4.98. The van der Waals surface area contributed by atoms with E-state index in [1.807, 2.05) is 0 Å². The second kappa shape index (κ2) is 8.17. The number of hydrogen-bond acceptors (Lipinski definition) is 4. The summed E-state index contributed by atoms with van der Waals surface area (Å²) in [5, 5.41) is 16.3. The van der Waals surface area contributed by atoms with Gasteiger partial charge in [0.15, 0.2) is 0 Å². The Morgan fingerprint density at radius 3 is 2.87 bits per heavy atom. The Kier molecular flexibility index (Phi) is 5.96. The molecule has 23 heavy (non-hydrogen) atoms. The number of nitrogens with zero attached hydrogens (tertiary/aromatic N) is 1. The molecule has 1 aromatic carbocycles. The quantitative estimate of drug-likeness (QED) is 0.476. The van der Waals surface area contributed by atoms with E-state index in [0.717, 1.165) is 19.3 Å². The summed E-state index contributed by atoms with van der Waals surface area (Å²) in [6.07, 6.45) is 7.69. The molecule has 7 heteroatoms. The average molecular weight is 319 g/mol. The number of benzene rings is 1. The molecular formula is C16H21N3O4. The maximum absolute atomic E-state index is 11.9. The summed E-state index contributed by atoms with van der Waals surface area (Å²) in [4.78, 5) is 22.4. The fourth-order valence-electron chi connectivity index (χ4n) is 2.53. The van der Waals surface area contributed by atoms with E-state index in [4.69, 9.17) is 4.74 Å². The SMILES string of the molecule is COc1ccc(NC(=O)NCCC2=CCCCC2)c([N+](=O)[O-])c1. The summed E-state index contributed by atoms with van der Waals surface area (Å²) in [7, 11) is 1.43. The van der Waals surface area contributed by atoms with E-state index in [1.165, 1.54) is 37.7 Å². The van der Waals surface area contributed by atoms with E-state index in [9.17, 15) is 14.9 Å². The van der Waals surface area contributed by atoms with Gasteiger partial charge in [0.25, 0.3) is 5.69 Å². The number of carbonyl (C=O) groups excluding carboxylic acids is 1. The maximum atomic E-state index is 11.9. The van der Waals surface area contributed by atoms with Gasteiger partial charge in [0, 0.05) is 6.54 Å². The van der Waals surface area contributed by atoms with Crippen LogP contribution in [0.3, 0.4) is 0 Å². The maximum Gasteiger partial charge on any atom is 0.319 e. The Bertz CT molecular complexity index is 613. The fraction of sp³-hybridized carbons (Fsp3) is 0.438. The summed E-state index contributed by atoms with van der Waals surface area (Å²) in [6.45, 7) is 0.515. The van der Waals surface area contributed by atoms with Crippen LogP contribution in [0.5, 0.6) is 5.75 Å². The van der Waals surface area contributed by atoms with Gasteiger partial charge in [0.1, 0.15) is 11.4 Å².